The molecule has 0 aromatic carbocycles. The van der Waals surface area contributed by atoms with Crippen LogP contribution in [0.5, 0.6) is 0 Å². The highest BCUT2D eigenvalue weighted by Gasteiger charge is 2.37. The number of piperidine rings is 1. The lowest BCUT2D eigenvalue weighted by Crippen LogP contribution is -2.46. The third-order valence-electron chi connectivity index (χ3n) is 4.01. The van der Waals surface area contributed by atoms with E-state index in [1.807, 2.05) is 17.3 Å². The number of hydrogen-bond donors (Lipinski definition) is 1. The summed E-state index contributed by atoms with van der Waals surface area (Å²) in [4.78, 5) is 20.1. The Labute approximate surface area is 141 Å². The number of aliphatic hydroxyl groups is 1. The van der Waals surface area contributed by atoms with Crippen LogP contribution in [0.4, 0.5) is 0 Å². The lowest BCUT2D eigenvalue weighted by atomic mass is 9.89. The van der Waals surface area contributed by atoms with Crippen molar-refractivity contribution in [2.75, 3.05) is 40.4 Å². The number of rotatable bonds is 6. The van der Waals surface area contributed by atoms with Crippen LogP contribution in [0.1, 0.15) is 23.5 Å². The van der Waals surface area contributed by atoms with Gasteiger partial charge in [0.25, 0.3) is 0 Å². The number of ether oxygens (including phenoxy) is 1. The maximum Gasteiger partial charge on any atom is 0.248 e. The molecule has 0 spiro atoms. The summed E-state index contributed by atoms with van der Waals surface area (Å²) in [5.74, 6) is 2.56. The lowest BCUT2D eigenvalue weighted by molar-refractivity contribution is -0.139. The molecule has 1 aliphatic rings. The van der Waals surface area contributed by atoms with Crippen LogP contribution in [0.2, 0.25) is 0 Å². The summed E-state index contributed by atoms with van der Waals surface area (Å²) in [5, 5.41) is 13.7. The highest BCUT2D eigenvalue weighted by molar-refractivity contribution is 7.09. The van der Waals surface area contributed by atoms with Crippen molar-refractivity contribution < 1.29 is 14.6 Å². The highest BCUT2D eigenvalue weighted by atomic mass is 32.1. The fourth-order valence-electron chi connectivity index (χ4n) is 2.64. The second-order valence-electron chi connectivity index (χ2n) is 5.85. The van der Waals surface area contributed by atoms with Crippen LogP contribution >= 0.6 is 11.3 Å². The second-order valence-corrected chi connectivity index (χ2v) is 6.79. The molecule has 6 nitrogen and oxygen atoms in total. The van der Waals surface area contributed by atoms with Crippen molar-refractivity contribution in [1.82, 2.24) is 14.8 Å². The molecule has 2 rings (SSSR count). The van der Waals surface area contributed by atoms with Gasteiger partial charge in [0.15, 0.2) is 0 Å². The Morgan fingerprint density at radius 1 is 1.61 bits per heavy atom. The molecule has 0 saturated carbocycles. The van der Waals surface area contributed by atoms with Gasteiger partial charge >= 0.3 is 0 Å². The Bertz CT molecular complexity index is 573. The first-order chi connectivity index (χ1) is 11.0. The van der Waals surface area contributed by atoms with E-state index in [4.69, 9.17) is 11.2 Å². The van der Waals surface area contributed by atoms with Crippen LogP contribution in [0.15, 0.2) is 5.38 Å². The van der Waals surface area contributed by atoms with Crippen LogP contribution in [0, 0.1) is 12.3 Å². The second kappa shape index (κ2) is 7.88. The van der Waals surface area contributed by atoms with E-state index in [2.05, 4.69) is 10.9 Å². The molecule has 1 aliphatic heterocycles. The number of methoxy groups -OCH3 is 1. The largest absolute Gasteiger partial charge is 0.383 e. The number of carbonyl (C=O) groups is 1. The van der Waals surface area contributed by atoms with Gasteiger partial charge in [-0.25, -0.2) is 4.98 Å². The van der Waals surface area contributed by atoms with Gasteiger partial charge in [0.2, 0.25) is 5.91 Å². The average Bonchev–Trinajstić information content (AvgIpc) is 2.97. The number of aromatic nitrogens is 1. The van der Waals surface area contributed by atoms with Gasteiger partial charge in [-0.2, -0.15) is 0 Å². The molecule has 0 radical (unpaired) electrons. The van der Waals surface area contributed by atoms with Gasteiger partial charge in [0.05, 0.1) is 18.8 Å². The van der Waals surface area contributed by atoms with Crippen LogP contribution in [0.3, 0.4) is 0 Å². The smallest absolute Gasteiger partial charge is 0.248 e. The maximum atomic E-state index is 11.8. The number of carbonyl (C=O) groups excluding carboxylic acids is 1. The van der Waals surface area contributed by atoms with Crippen molar-refractivity contribution in [1.29, 1.82) is 0 Å². The molecular weight excluding hydrogens is 314 g/mol. The summed E-state index contributed by atoms with van der Waals surface area (Å²) >= 11 is 1.53. The minimum Gasteiger partial charge on any atom is -0.383 e. The van der Waals surface area contributed by atoms with Gasteiger partial charge in [-0.05, 0) is 19.9 Å². The summed E-state index contributed by atoms with van der Waals surface area (Å²) in [6, 6.07) is 0. The van der Waals surface area contributed by atoms with Crippen LogP contribution in [-0.2, 0) is 21.7 Å². The van der Waals surface area contributed by atoms with Crippen LogP contribution < -0.4 is 0 Å². The van der Waals surface area contributed by atoms with Crippen molar-refractivity contribution in [3.63, 3.8) is 0 Å². The van der Waals surface area contributed by atoms with E-state index in [1.54, 1.807) is 4.90 Å². The zero-order valence-electron chi connectivity index (χ0n) is 13.6. The fourth-order valence-corrected chi connectivity index (χ4v) is 3.60. The molecule has 0 unspecified atom stereocenters. The summed E-state index contributed by atoms with van der Waals surface area (Å²) in [6.45, 7) is 2.35. The Kier molecular flexibility index (Phi) is 6.13. The molecule has 0 bridgehead atoms. The molecule has 126 valence electrons. The molecule has 1 aromatic heterocycles. The quantitative estimate of drug-likeness (QED) is 0.773. The molecule has 1 aromatic rings. The van der Waals surface area contributed by atoms with Crippen molar-refractivity contribution >= 4 is 17.2 Å². The number of amides is 1. The Morgan fingerprint density at radius 3 is 2.91 bits per heavy atom. The molecular formula is C16H23N3O3S. The fraction of sp³-hybridized carbons (Fsp3) is 0.625. The van der Waals surface area contributed by atoms with E-state index in [0.29, 0.717) is 44.7 Å². The molecule has 1 N–H and O–H groups in total. The summed E-state index contributed by atoms with van der Waals surface area (Å²) in [5.41, 5.74) is -0.256. The summed E-state index contributed by atoms with van der Waals surface area (Å²) in [6.07, 6.45) is 6.28. The minimum absolute atomic E-state index is 0.0376. The van der Waals surface area contributed by atoms with Crippen molar-refractivity contribution in [3.05, 3.63) is 16.1 Å². The molecule has 1 saturated heterocycles. The van der Waals surface area contributed by atoms with E-state index in [1.165, 1.54) is 18.4 Å². The number of thiazole rings is 1. The van der Waals surface area contributed by atoms with Crippen molar-refractivity contribution in [2.24, 2.45) is 0 Å². The van der Waals surface area contributed by atoms with E-state index >= 15 is 0 Å². The lowest BCUT2D eigenvalue weighted by Gasteiger charge is -2.37. The molecule has 1 fully saturated rings. The molecule has 1 amide bonds. The molecule has 23 heavy (non-hydrogen) atoms. The number of nitrogens with zero attached hydrogens (tertiary/aromatic N) is 3. The Hall–Kier alpha value is -1.46. The maximum absolute atomic E-state index is 11.8. The van der Waals surface area contributed by atoms with Crippen molar-refractivity contribution in [3.8, 4) is 12.3 Å². The third kappa shape index (κ3) is 4.52. The van der Waals surface area contributed by atoms with E-state index in [-0.39, 0.29) is 12.5 Å². The van der Waals surface area contributed by atoms with E-state index < -0.39 is 5.60 Å². The predicted molar refractivity (Wildman–Crippen MR) is 88.9 cm³/mol. The Balaban J connectivity index is 1.96. The molecule has 7 heteroatoms. The Morgan fingerprint density at radius 2 is 2.30 bits per heavy atom. The number of terminal acetylenes is 1. The first kappa shape index (κ1) is 17.9. The average molecular weight is 337 g/mol. The first-order valence-corrected chi connectivity index (χ1v) is 8.42. The first-order valence-electron chi connectivity index (χ1n) is 7.54. The standard InChI is InChI=1S/C16H23N3O3S/c1-4-7-18(2)10-14-17-13(12-23-14)16(21)5-8-19(9-6-16)15(20)11-22-3/h1,12,21H,5-11H2,2-3H3. The van der Waals surface area contributed by atoms with Gasteiger partial charge in [-0.1, -0.05) is 5.92 Å². The van der Waals surface area contributed by atoms with Gasteiger partial charge < -0.3 is 14.7 Å². The topological polar surface area (TPSA) is 65.9 Å². The molecule has 2 heterocycles. The van der Waals surface area contributed by atoms with Gasteiger partial charge in [-0.3, -0.25) is 9.69 Å². The number of likely N-dealkylation sites (tertiary alicyclic amines) is 1. The number of hydrogen-bond acceptors (Lipinski definition) is 6. The van der Waals surface area contributed by atoms with Gasteiger partial charge in [0.1, 0.15) is 17.2 Å². The zero-order valence-corrected chi connectivity index (χ0v) is 14.4. The molecule has 0 atom stereocenters. The minimum atomic E-state index is -0.955. The monoisotopic (exact) mass is 337 g/mol. The summed E-state index contributed by atoms with van der Waals surface area (Å²) in [7, 11) is 3.45. The van der Waals surface area contributed by atoms with Gasteiger partial charge in [-0.15, -0.1) is 17.8 Å². The highest BCUT2D eigenvalue weighted by Crippen LogP contribution is 2.33. The normalized spacial score (nSPS) is 17.3. The third-order valence-corrected chi connectivity index (χ3v) is 4.84. The predicted octanol–water partition coefficient (Wildman–Crippen LogP) is 0.664. The van der Waals surface area contributed by atoms with E-state index in [9.17, 15) is 9.90 Å². The molecule has 0 aliphatic carbocycles. The van der Waals surface area contributed by atoms with Crippen LogP contribution in [0.25, 0.3) is 0 Å². The van der Waals surface area contributed by atoms with Crippen LogP contribution in [-0.4, -0.2) is 66.2 Å². The summed E-state index contributed by atoms with van der Waals surface area (Å²) < 4.78 is 4.87. The SMILES string of the molecule is C#CCN(C)Cc1nc(C2(O)CCN(C(=O)COC)CC2)cs1. The zero-order chi connectivity index (χ0) is 16.9. The van der Waals surface area contributed by atoms with Crippen molar-refractivity contribution in [2.45, 2.75) is 25.0 Å². The van der Waals surface area contributed by atoms with E-state index in [0.717, 1.165) is 5.01 Å². The van der Waals surface area contributed by atoms with Gasteiger partial charge in [0, 0.05) is 25.6 Å².